The molecule has 0 radical (unpaired) electrons. The largest absolute Gasteiger partial charge is 0.376 e. The number of amides is 2. The summed E-state index contributed by atoms with van der Waals surface area (Å²) in [4.78, 5) is 34.0. The van der Waals surface area contributed by atoms with Crippen LogP contribution in [0.1, 0.15) is 12.8 Å². The summed E-state index contributed by atoms with van der Waals surface area (Å²) in [6.45, 7) is 0.820. The number of para-hydroxylation sites is 1. The summed E-state index contributed by atoms with van der Waals surface area (Å²) in [6.07, 6.45) is 3.53. The number of rotatable bonds is 8. The van der Waals surface area contributed by atoms with Gasteiger partial charge in [0.25, 0.3) is 5.91 Å². The number of ether oxygens (including phenoxy) is 1. The first-order chi connectivity index (χ1) is 16.7. The minimum Gasteiger partial charge on any atom is -0.376 e. The van der Waals surface area contributed by atoms with E-state index >= 15 is 0 Å². The third kappa shape index (κ3) is 5.10. The second kappa shape index (κ2) is 10.1. The van der Waals surface area contributed by atoms with Gasteiger partial charge in [-0.25, -0.2) is 0 Å². The van der Waals surface area contributed by atoms with Crippen LogP contribution < -0.4 is 10.2 Å². The molecule has 4 heterocycles. The molecule has 1 N–H and O–H groups in total. The Kier molecular flexibility index (Phi) is 6.54. The molecule has 1 atom stereocenters. The molecule has 1 saturated heterocycles. The van der Waals surface area contributed by atoms with Gasteiger partial charge >= 0.3 is 0 Å². The standard InChI is InChI=1S/C23H23N7O3S/c31-21(25-13-18-6-3-9-33-18)14-29(17-11-16-5-1-2-7-19(16)24-12-17)22(32)15-30-27-23(26-28-30)20-8-4-10-34-20/h1-2,4-5,7-8,10-12,18H,3,6,9,13-15H2,(H,25,31)/t18-/m1/s1. The number of nitrogens with one attached hydrogen (secondary N) is 1. The van der Waals surface area contributed by atoms with E-state index in [2.05, 4.69) is 25.7 Å². The van der Waals surface area contributed by atoms with Crippen LogP contribution in [0.4, 0.5) is 5.69 Å². The summed E-state index contributed by atoms with van der Waals surface area (Å²) >= 11 is 1.49. The summed E-state index contributed by atoms with van der Waals surface area (Å²) in [7, 11) is 0. The van der Waals surface area contributed by atoms with Crippen molar-refractivity contribution in [3.05, 3.63) is 54.0 Å². The zero-order valence-corrected chi connectivity index (χ0v) is 19.1. The lowest BCUT2D eigenvalue weighted by Crippen LogP contribution is -2.44. The van der Waals surface area contributed by atoms with Gasteiger partial charge < -0.3 is 10.1 Å². The molecule has 5 rings (SSSR count). The molecule has 0 bridgehead atoms. The monoisotopic (exact) mass is 477 g/mol. The Hall–Kier alpha value is -3.70. The van der Waals surface area contributed by atoms with Gasteiger partial charge in [-0.2, -0.15) is 4.80 Å². The fraction of sp³-hybridized carbons (Fsp3) is 0.304. The highest BCUT2D eigenvalue weighted by molar-refractivity contribution is 7.13. The van der Waals surface area contributed by atoms with Crippen LogP contribution in [0.5, 0.6) is 0 Å². The zero-order valence-electron chi connectivity index (χ0n) is 18.3. The van der Waals surface area contributed by atoms with Crippen molar-refractivity contribution >= 4 is 39.7 Å². The van der Waals surface area contributed by atoms with Gasteiger partial charge in [-0.05, 0) is 41.6 Å². The Morgan fingerprint density at radius 1 is 1.24 bits per heavy atom. The number of thiophene rings is 1. The lowest BCUT2D eigenvalue weighted by Gasteiger charge is -2.22. The lowest BCUT2D eigenvalue weighted by molar-refractivity contribution is -0.124. The summed E-state index contributed by atoms with van der Waals surface area (Å²) in [5, 5.41) is 18.0. The van der Waals surface area contributed by atoms with E-state index in [4.69, 9.17) is 4.74 Å². The molecule has 2 amide bonds. The average Bonchev–Trinajstić information content (AvgIpc) is 3.63. The highest BCUT2D eigenvalue weighted by Gasteiger charge is 2.23. The number of benzene rings is 1. The molecule has 1 fully saturated rings. The molecular formula is C23H23N7O3S. The van der Waals surface area contributed by atoms with E-state index in [9.17, 15) is 9.59 Å². The summed E-state index contributed by atoms with van der Waals surface area (Å²) in [5.74, 6) is -0.168. The van der Waals surface area contributed by atoms with Gasteiger partial charge in [0, 0.05) is 18.5 Å². The van der Waals surface area contributed by atoms with Crippen molar-refractivity contribution in [2.45, 2.75) is 25.5 Å². The van der Waals surface area contributed by atoms with Gasteiger partial charge in [-0.3, -0.25) is 19.5 Å². The maximum absolute atomic E-state index is 13.3. The summed E-state index contributed by atoms with van der Waals surface area (Å²) < 4.78 is 5.57. The summed E-state index contributed by atoms with van der Waals surface area (Å²) in [5.41, 5.74) is 1.33. The number of hydrogen-bond donors (Lipinski definition) is 1. The smallest absolute Gasteiger partial charge is 0.251 e. The van der Waals surface area contributed by atoms with Gasteiger partial charge in [0.05, 0.1) is 28.4 Å². The predicted octanol–water partition coefficient (Wildman–Crippen LogP) is 2.28. The van der Waals surface area contributed by atoms with Crippen molar-refractivity contribution in [3.63, 3.8) is 0 Å². The van der Waals surface area contributed by atoms with Crippen molar-refractivity contribution in [2.75, 3.05) is 24.6 Å². The molecule has 1 aliphatic heterocycles. The normalized spacial score (nSPS) is 15.5. The molecule has 174 valence electrons. The van der Waals surface area contributed by atoms with Crippen molar-refractivity contribution in [2.24, 2.45) is 0 Å². The lowest BCUT2D eigenvalue weighted by atomic mass is 10.2. The minimum absolute atomic E-state index is 0.0189. The second-order valence-corrected chi connectivity index (χ2v) is 8.87. The quantitative estimate of drug-likeness (QED) is 0.414. The highest BCUT2D eigenvalue weighted by atomic mass is 32.1. The van der Waals surface area contributed by atoms with E-state index in [1.807, 2.05) is 47.8 Å². The molecule has 0 spiro atoms. The molecule has 11 heteroatoms. The van der Waals surface area contributed by atoms with Gasteiger partial charge in [0.2, 0.25) is 11.7 Å². The number of anilines is 1. The third-order valence-corrected chi connectivity index (χ3v) is 6.38. The van der Waals surface area contributed by atoms with Crippen LogP contribution in [0, 0.1) is 0 Å². The third-order valence-electron chi connectivity index (χ3n) is 5.51. The maximum Gasteiger partial charge on any atom is 0.251 e. The molecule has 0 saturated carbocycles. The van der Waals surface area contributed by atoms with Crippen LogP contribution in [0.3, 0.4) is 0 Å². The molecule has 0 aliphatic carbocycles. The first-order valence-electron chi connectivity index (χ1n) is 11.0. The van der Waals surface area contributed by atoms with Crippen LogP contribution in [-0.2, 0) is 20.9 Å². The number of aromatic nitrogens is 5. The maximum atomic E-state index is 13.3. The van der Waals surface area contributed by atoms with Gasteiger partial charge in [0.1, 0.15) is 13.1 Å². The second-order valence-electron chi connectivity index (χ2n) is 7.93. The van der Waals surface area contributed by atoms with E-state index in [1.165, 1.54) is 21.0 Å². The van der Waals surface area contributed by atoms with Gasteiger partial charge in [0.15, 0.2) is 0 Å². The van der Waals surface area contributed by atoms with Crippen molar-refractivity contribution in [1.29, 1.82) is 0 Å². The van der Waals surface area contributed by atoms with E-state index < -0.39 is 0 Å². The Bertz CT molecular complexity index is 1280. The van der Waals surface area contributed by atoms with Crippen LogP contribution in [0.15, 0.2) is 54.0 Å². The Morgan fingerprint density at radius 2 is 2.15 bits per heavy atom. The van der Waals surface area contributed by atoms with Crippen LogP contribution in [0.25, 0.3) is 21.6 Å². The Morgan fingerprint density at radius 3 is 2.97 bits per heavy atom. The van der Waals surface area contributed by atoms with Gasteiger partial charge in [-0.15, -0.1) is 21.5 Å². The number of hydrogen-bond acceptors (Lipinski definition) is 8. The van der Waals surface area contributed by atoms with E-state index in [-0.39, 0.29) is 31.0 Å². The number of pyridine rings is 1. The number of carbonyl (C=O) groups excluding carboxylic acids is 2. The Labute approximate surface area is 199 Å². The zero-order chi connectivity index (χ0) is 23.3. The van der Waals surface area contributed by atoms with Crippen LogP contribution in [0.2, 0.25) is 0 Å². The predicted molar refractivity (Wildman–Crippen MR) is 127 cm³/mol. The summed E-state index contributed by atoms with van der Waals surface area (Å²) in [6, 6.07) is 13.2. The fourth-order valence-corrected chi connectivity index (χ4v) is 4.43. The van der Waals surface area contributed by atoms with Crippen LogP contribution in [-0.4, -0.2) is 62.8 Å². The molecule has 0 unspecified atom stereocenters. The topological polar surface area (TPSA) is 115 Å². The molecule has 1 aliphatic rings. The SMILES string of the molecule is O=C(CN(C(=O)Cn1nnc(-c2cccs2)n1)c1cnc2ccccc2c1)NC[C@H]1CCCO1. The Balaban J connectivity index is 1.34. The average molecular weight is 478 g/mol. The minimum atomic E-state index is -0.348. The number of carbonyl (C=O) groups is 2. The highest BCUT2D eigenvalue weighted by Crippen LogP contribution is 2.21. The molecular weight excluding hydrogens is 454 g/mol. The van der Waals surface area contributed by atoms with Crippen molar-refractivity contribution in [1.82, 2.24) is 30.5 Å². The van der Waals surface area contributed by atoms with Crippen molar-refractivity contribution in [3.8, 4) is 10.7 Å². The van der Waals surface area contributed by atoms with E-state index in [0.29, 0.717) is 24.7 Å². The number of tetrazole rings is 1. The number of fused-ring (bicyclic) bond motifs is 1. The molecule has 1 aromatic carbocycles. The molecule has 3 aromatic heterocycles. The fourth-order valence-electron chi connectivity index (χ4n) is 3.78. The van der Waals surface area contributed by atoms with Crippen LogP contribution >= 0.6 is 11.3 Å². The molecule has 4 aromatic rings. The first kappa shape index (κ1) is 22.1. The van der Waals surface area contributed by atoms with Gasteiger partial charge in [-0.1, -0.05) is 24.3 Å². The molecule has 10 nitrogen and oxygen atoms in total. The van der Waals surface area contributed by atoms with Crippen molar-refractivity contribution < 1.29 is 14.3 Å². The van der Waals surface area contributed by atoms with E-state index in [0.717, 1.165) is 28.6 Å². The number of nitrogens with zero attached hydrogens (tertiary/aromatic N) is 6. The first-order valence-corrected chi connectivity index (χ1v) is 11.9. The van der Waals surface area contributed by atoms with E-state index in [1.54, 1.807) is 6.20 Å². The molecule has 34 heavy (non-hydrogen) atoms.